The van der Waals surface area contributed by atoms with E-state index in [0.717, 1.165) is 22.4 Å². The Balaban J connectivity index is 2.20. The number of aromatic nitrogens is 2. The third kappa shape index (κ3) is 1.52. The van der Waals surface area contributed by atoms with Crippen LogP contribution in [-0.4, -0.2) is 9.38 Å². The Hall–Kier alpha value is -2.40. The van der Waals surface area contributed by atoms with Gasteiger partial charge in [-0.15, -0.1) is 0 Å². The van der Waals surface area contributed by atoms with Crippen molar-refractivity contribution in [2.45, 2.75) is 0 Å². The summed E-state index contributed by atoms with van der Waals surface area (Å²) in [6, 6.07) is 11.4. The quantitative estimate of drug-likeness (QED) is 0.531. The number of hydrogen-bond donors (Lipinski definition) is 0. The highest BCUT2D eigenvalue weighted by molar-refractivity contribution is 7.14. The fraction of sp³-hybridized carbons (Fsp3) is 0. The fourth-order valence-electron chi connectivity index (χ4n) is 2.16. The topological polar surface area (TPSA) is 47.5 Å². The van der Waals surface area contributed by atoms with Gasteiger partial charge >= 0.3 is 0 Å². The highest BCUT2D eigenvalue weighted by Crippen LogP contribution is 2.15. The van der Waals surface area contributed by atoms with Gasteiger partial charge in [0.2, 0.25) is 0 Å². The molecule has 0 aliphatic carbocycles. The molecule has 0 amide bonds. The number of para-hydroxylation sites is 2. The summed E-state index contributed by atoms with van der Waals surface area (Å²) in [5.74, 6) is 0.662. The summed E-state index contributed by atoms with van der Waals surface area (Å²) in [6.07, 6.45) is 3.34. The van der Waals surface area contributed by atoms with Gasteiger partial charge in [0.15, 0.2) is 4.96 Å². The first-order valence-electron chi connectivity index (χ1n) is 5.78. The minimum atomic E-state index is -0.00958. The SMILES string of the molecule is O=c1sc2nc3ccccc3n2/c1=C\c1ccco1. The van der Waals surface area contributed by atoms with Crippen LogP contribution < -0.4 is 10.1 Å². The zero-order valence-electron chi connectivity index (χ0n) is 9.74. The lowest BCUT2D eigenvalue weighted by atomic mass is 10.3. The first-order chi connectivity index (χ1) is 9.33. The van der Waals surface area contributed by atoms with Crippen LogP contribution in [0.3, 0.4) is 0 Å². The maximum Gasteiger partial charge on any atom is 0.259 e. The molecule has 1 aromatic carbocycles. The van der Waals surface area contributed by atoms with Crippen LogP contribution >= 0.6 is 11.3 Å². The molecule has 0 atom stereocenters. The summed E-state index contributed by atoms with van der Waals surface area (Å²) in [5, 5.41) is 0.587. The third-order valence-corrected chi connectivity index (χ3v) is 3.84. The summed E-state index contributed by atoms with van der Waals surface area (Å²) in [6.45, 7) is 0. The van der Waals surface area contributed by atoms with E-state index >= 15 is 0 Å². The third-order valence-electron chi connectivity index (χ3n) is 2.99. The predicted molar refractivity (Wildman–Crippen MR) is 74.3 cm³/mol. The minimum Gasteiger partial charge on any atom is -0.465 e. The van der Waals surface area contributed by atoms with Crippen molar-refractivity contribution in [3.8, 4) is 0 Å². The van der Waals surface area contributed by atoms with Gasteiger partial charge in [0.25, 0.3) is 4.74 Å². The molecule has 19 heavy (non-hydrogen) atoms. The molecule has 4 rings (SSSR count). The van der Waals surface area contributed by atoms with E-state index in [4.69, 9.17) is 4.42 Å². The number of imidazole rings is 1. The average molecular weight is 268 g/mol. The van der Waals surface area contributed by atoms with E-state index in [0.29, 0.717) is 16.1 Å². The summed E-state index contributed by atoms with van der Waals surface area (Å²) >= 11 is 1.15. The summed E-state index contributed by atoms with van der Waals surface area (Å²) < 4.78 is 7.15. The van der Waals surface area contributed by atoms with Gasteiger partial charge in [0, 0.05) is 6.08 Å². The number of thiazole rings is 1. The molecule has 3 aromatic heterocycles. The second-order valence-corrected chi connectivity index (χ2v) is 5.09. The van der Waals surface area contributed by atoms with Crippen LogP contribution in [0, 0.1) is 0 Å². The van der Waals surface area contributed by atoms with E-state index in [-0.39, 0.29) is 4.74 Å². The molecule has 4 nitrogen and oxygen atoms in total. The molecule has 0 saturated carbocycles. The zero-order chi connectivity index (χ0) is 12.8. The molecule has 4 aromatic rings. The summed E-state index contributed by atoms with van der Waals surface area (Å²) in [4.78, 5) is 17.2. The number of nitrogens with zero attached hydrogens (tertiary/aromatic N) is 2. The molecule has 0 N–H and O–H groups in total. The van der Waals surface area contributed by atoms with E-state index in [9.17, 15) is 4.79 Å². The van der Waals surface area contributed by atoms with Crippen molar-refractivity contribution < 1.29 is 4.42 Å². The molecular weight excluding hydrogens is 260 g/mol. The largest absolute Gasteiger partial charge is 0.465 e. The van der Waals surface area contributed by atoms with Crippen molar-refractivity contribution in [3.05, 3.63) is 63.3 Å². The van der Waals surface area contributed by atoms with E-state index in [1.165, 1.54) is 0 Å². The Morgan fingerprint density at radius 2 is 2.11 bits per heavy atom. The first kappa shape index (κ1) is 10.5. The number of rotatable bonds is 1. The molecule has 0 saturated heterocycles. The van der Waals surface area contributed by atoms with Crippen LogP contribution in [-0.2, 0) is 0 Å². The van der Waals surface area contributed by atoms with Crippen LogP contribution in [0.5, 0.6) is 0 Å². The monoisotopic (exact) mass is 268 g/mol. The minimum absolute atomic E-state index is 0.00958. The number of fused-ring (bicyclic) bond motifs is 3. The maximum atomic E-state index is 12.1. The molecule has 0 radical (unpaired) electrons. The smallest absolute Gasteiger partial charge is 0.259 e. The molecule has 0 aliphatic heterocycles. The first-order valence-corrected chi connectivity index (χ1v) is 6.60. The molecule has 92 valence electrons. The zero-order valence-corrected chi connectivity index (χ0v) is 10.6. The Bertz CT molecular complexity index is 980. The molecule has 0 bridgehead atoms. The Morgan fingerprint density at radius 1 is 1.21 bits per heavy atom. The van der Waals surface area contributed by atoms with Crippen molar-refractivity contribution >= 4 is 33.4 Å². The van der Waals surface area contributed by atoms with Crippen LogP contribution in [0.2, 0.25) is 0 Å². The number of hydrogen-bond acceptors (Lipinski definition) is 4. The number of benzene rings is 1. The fourth-order valence-corrected chi connectivity index (χ4v) is 3.02. The molecule has 0 aliphatic rings. The van der Waals surface area contributed by atoms with E-state index < -0.39 is 0 Å². The number of furan rings is 1. The maximum absolute atomic E-state index is 12.1. The van der Waals surface area contributed by atoms with Crippen molar-refractivity contribution in [2.75, 3.05) is 0 Å². The standard InChI is InChI=1S/C14H8N2O2S/c17-13-12(8-9-4-3-7-18-9)16-11-6-2-1-5-10(11)15-14(16)19-13/h1-8H/b12-8-. The lowest BCUT2D eigenvalue weighted by molar-refractivity contribution is 0.556. The highest BCUT2D eigenvalue weighted by atomic mass is 32.1. The van der Waals surface area contributed by atoms with Gasteiger partial charge in [0.05, 0.1) is 17.3 Å². The van der Waals surface area contributed by atoms with Crippen molar-refractivity contribution in [1.29, 1.82) is 0 Å². The van der Waals surface area contributed by atoms with Gasteiger partial charge in [0.1, 0.15) is 11.1 Å². The second-order valence-electron chi connectivity index (χ2n) is 4.15. The molecule has 5 heteroatoms. The van der Waals surface area contributed by atoms with Gasteiger partial charge in [-0.2, -0.15) is 0 Å². The molecule has 3 heterocycles. The second kappa shape index (κ2) is 3.80. The van der Waals surface area contributed by atoms with Crippen LogP contribution in [0.4, 0.5) is 0 Å². The van der Waals surface area contributed by atoms with E-state index in [2.05, 4.69) is 4.98 Å². The van der Waals surface area contributed by atoms with Gasteiger partial charge in [-0.25, -0.2) is 4.98 Å². The lowest BCUT2D eigenvalue weighted by Crippen LogP contribution is -2.23. The average Bonchev–Trinajstić information content (AvgIpc) is 3.08. The van der Waals surface area contributed by atoms with Crippen LogP contribution in [0.15, 0.2) is 51.9 Å². The van der Waals surface area contributed by atoms with Crippen molar-refractivity contribution in [3.63, 3.8) is 0 Å². The molecular formula is C14H8N2O2S. The van der Waals surface area contributed by atoms with E-state index in [1.807, 2.05) is 34.7 Å². The lowest BCUT2D eigenvalue weighted by Gasteiger charge is -1.89. The van der Waals surface area contributed by atoms with E-state index in [1.54, 1.807) is 18.4 Å². The van der Waals surface area contributed by atoms with Crippen LogP contribution in [0.25, 0.3) is 22.1 Å². The summed E-state index contributed by atoms with van der Waals surface area (Å²) in [5.41, 5.74) is 1.83. The van der Waals surface area contributed by atoms with Gasteiger partial charge in [-0.3, -0.25) is 9.20 Å². The Kier molecular flexibility index (Phi) is 2.10. The van der Waals surface area contributed by atoms with Gasteiger partial charge < -0.3 is 4.42 Å². The van der Waals surface area contributed by atoms with Crippen molar-refractivity contribution in [1.82, 2.24) is 9.38 Å². The predicted octanol–water partition coefficient (Wildman–Crippen LogP) is 2.05. The highest BCUT2D eigenvalue weighted by Gasteiger charge is 2.10. The molecule has 0 unspecified atom stereocenters. The van der Waals surface area contributed by atoms with Crippen LogP contribution in [0.1, 0.15) is 5.76 Å². The summed E-state index contributed by atoms with van der Waals surface area (Å²) in [7, 11) is 0. The Labute approximate surface area is 111 Å². The van der Waals surface area contributed by atoms with Crippen molar-refractivity contribution in [2.24, 2.45) is 0 Å². The molecule has 0 spiro atoms. The molecule has 0 fully saturated rings. The van der Waals surface area contributed by atoms with Gasteiger partial charge in [-0.05, 0) is 24.3 Å². The van der Waals surface area contributed by atoms with Gasteiger partial charge in [-0.1, -0.05) is 23.5 Å². The Morgan fingerprint density at radius 3 is 2.95 bits per heavy atom. The normalized spacial score (nSPS) is 12.7.